The number of hydrogen-bond donors (Lipinski definition) is 0. The number of fused-ring (bicyclic) bond motifs is 4. The van der Waals surface area contributed by atoms with E-state index in [1.165, 1.54) is 0 Å². The summed E-state index contributed by atoms with van der Waals surface area (Å²) in [5.41, 5.74) is 2.54. The second-order valence-corrected chi connectivity index (χ2v) is 7.61. The standard InChI is InChI=1S/C19H24N4O4/c1-11-6-16(27-20-11)7-18(24)22-8-14-4-5-15(9-22)23(19(14)25)10-17-12(2)21-26-13(17)3/h6,14-15H,4-5,7-10H2,1-3H3/t14-,15+/m1/s1. The molecule has 3 aliphatic rings. The van der Waals surface area contributed by atoms with Crippen molar-refractivity contribution in [2.24, 2.45) is 5.92 Å². The van der Waals surface area contributed by atoms with Gasteiger partial charge in [-0.2, -0.15) is 0 Å². The van der Waals surface area contributed by atoms with E-state index in [-0.39, 0.29) is 30.2 Å². The molecule has 3 saturated heterocycles. The number of nitrogens with zero attached hydrogens (tertiary/aromatic N) is 4. The van der Waals surface area contributed by atoms with E-state index in [1.54, 1.807) is 6.07 Å². The lowest BCUT2D eigenvalue weighted by Gasteiger charge is -2.35. The van der Waals surface area contributed by atoms with Crippen LogP contribution in [0.25, 0.3) is 0 Å². The number of piperidine rings is 1. The van der Waals surface area contributed by atoms with Crippen LogP contribution in [0.15, 0.2) is 15.1 Å². The number of carbonyl (C=O) groups excluding carboxylic acids is 2. The summed E-state index contributed by atoms with van der Waals surface area (Å²) in [7, 11) is 0. The van der Waals surface area contributed by atoms with Crippen molar-refractivity contribution < 1.29 is 18.6 Å². The van der Waals surface area contributed by atoms with Gasteiger partial charge in [0.25, 0.3) is 0 Å². The van der Waals surface area contributed by atoms with E-state index < -0.39 is 0 Å². The second kappa shape index (κ2) is 6.83. The van der Waals surface area contributed by atoms with E-state index in [0.717, 1.165) is 35.6 Å². The molecule has 0 unspecified atom stereocenters. The molecule has 144 valence electrons. The Morgan fingerprint density at radius 2 is 2.00 bits per heavy atom. The maximum atomic E-state index is 13.0. The zero-order valence-corrected chi connectivity index (χ0v) is 15.9. The second-order valence-electron chi connectivity index (χ2n) is 7.61. The van der Waals surface area contributed by atoms with Crippen LogP contribution in [0.3, 0.4) is 0 Å². The summed E-state index contributed by atoms with van der Waals surface area (Å²) in [5.74, 6) is 1.26. The molecule has 0 saturated carbocycles. The molecule has 5 heterocycles. The minimum Gasteiger partial charge on any atom is -0.361 e. The van der Waals surface area contributed by atoms with Gasteiger partial charge in [0.1, 0.15) is 11.5 Å². The number of aryl methyl sites for hydroxylation is 3. The third-order valence-corrected chi connectivity index (χ3v) is 5.66. The minimum atomic E-state index is -0.148. The van der Waals surface area contributed by atoms with Crippen LogP contribution in [0.1, 0.15) is 41.3 Å². The SMILES string of the molecule is Cc1cc(CC(=O)N2C[C@H]3CC[C@@H](C2)N(Cc2c(C)noc2C)C3=O)on1. The molecule has 2 aromatic rings. The van der Waals surface area contributed by atoms with Crippen molar-refractivity contribution in [3.05, 3.63) is 34.5 Å². The van der Waals surface area contributed by atoms with E-state index >= 15 is 0 Å². The molecular weight excluding hydrogens is 348 g/mol. The smallest absolute Gasteiger partial charge is 0.230 e. The molecule has 0 radical (unpaired) electrons. The molecule has 8 nitrogen and oxygen atoms in total. The average molecular weight is 372 g/mol. The summed E-state index contributed by atoms with van der Waals surface area (Å²) in [6.07, 6.45) is 1.91. The number of carbonyl (C=O) groups is 2. The van der Waals surface area contributed by atoms with Crippen molar-refractivity contribution in [3.8, 4) is 0 Å². The first-order valence-electron chi connectivity index (χ1n) is 9.34. The molecule has 2 bridgehead atoms. The van der Waals surface area contributed by atoms with Gasteiger partial charge >= 0.3 is 0 Å². The lowest BCUT2D eigenvalue weighted by atomic mass is 9.93. The van der Waals surface area contributed by atoms with Gasteiger partial charge in [-0.1, -0.05) is 10.3 Å². The third kappa shape index (κ3) is 3.36. The van der Waals surface area contributed by atoms with E-state index in [0.29, 0.717) is 25.4 Å². The fraction of sp³-hybridized carbons (Fsp3) is 0.579. The summed E-state index contributed by atoms with van der Waals surface area (Å²) in [6, 6.07) is 1.80. The summed E-state index contributed by atoms with van der Waals surface area (Å²) in [5, 5.41) is 7.83. The average Bonchev–Trinajstić information content (AvgIpc) is 3.04. The van der Waals surface area contributed by atoms with Crippen LogP contribution in [-0.2, 0) is 22.6 Å². The molecule has 5 rings (SSSR count). The first kappa shape index (κ1) is 17.8. The van der Waals surface area contributed by atoms with Gasteiger partial charge < -0.3 is 18.8 Å². The van der Waals surface area contributed by atoms with E-state index in [2.05, 4.69) is 10.3 Å². The molecule has 0 spiro atoms. The summed E-state index contributed by atoms with van der Waals surface area (Å²) in [4.78, 5) is 29.5. The number of rotatable bonds is 4. The van der Waals surface area contributed by atoms with Gasteiger partial charge in [0.15, 0.2) is 0 Å². The Morgan fingerprint density at radius 3 is 2.67 bits per heavy atom. The Labute approximate surface area is 157 Å². The molecular formula is C19H24N4O4. The molecule has 2 amide bonds. The van der Waals surface area contributed by atoms with Crippen LogP contribution in [-0.4, -0.2) is 51.1 Å². The molecule has 0 N–H and O–H groups in total. The quantitative estimate of drug-likeness (QED) is 0.812. The van der Waals surface area contributed by atoms with Crippen LogP contribution in [0.2, 0.25) is 0 Å². The number of hydrogen-bond acceptors (Lipinski definition) is 6. The van der Waals surface area contributed by atoms with Crippen LogP contribution < -0.4 is 0 Å². The number of aromatic nitrogens is 2. The fourth-order valence-electron chi connectivity index (χ4n) is 4.11. The van der Waals surface area contributed by atoms with Crippen molar-refractivity contribution >= 4 is 11.8 Å². The van der Waals surface area contributed by atoms with E-state index in [4.69, 9.17) is 9.05 Å². The van der Waals surface area contributed by atoms with Crippen LogP contribution in [0, 0.1) is 26.7 Å². The predicted molar refractivity (Wildman–Crippen MR) is 94.6 cm³/mol. The maximum absolute atomic E-state index is 13.0. The van der Waals surface area contributed by atoms with Crippen molar-refractivity contribution in [1.82, 2.24) is 20.1 Å². The Balaban J connectivity index is 1.51. The highest BCUT2D eigenvalue weighted by Gasteiger charge is 2.42. The molecule has 2 aromatic heterocycles. The maximum Gasteiger partial charge on any atom is 0.230 e. The van der Waals surface area contributed by atoms with Gasteiger partial charge in [0.2, 0.25) is 11.8 Å². The van der Waals surface area contributed by atoms with Gasteiger partial charge in [0.05, 0.1) is 30.3 Å². The molecule has 3 aliphatic heterocycles. The van der Waals surface area contributed by atoms with Crippen LogP contribution in [0.4, 0.5) is 0 Å². The van der Waals surface area contributed by atoms with Crippen LogP contribution in [0.5, 0.6) is 0 Å². The molecule has 0 aromatic carbocycles. The highest BCUT2D eigenvalue weighted by atomic mass is 16.5. The molecule has 3 fully saturated rings. The van der Waals surface area contributed by atoms with Gasteiger partial charge in [-0.25, -0.2) is 0 Å². The molecule has 8 heteroatoms. The highest BCUT2D eigenvalue weighted by molar-refractivity contribution is 5.83. The van der Waals surface area contributed by atoms with E-state index in [9.17, 15) is 9.59 Å². The topological polar surface area (TPSA) is 92.7 Å². The Bertz CT molecular complexity index is 851. The summed E-state index contributed by atoms with van der Waals surface area (Å²) >= 11 is 0. The highest BCUT2D eigenvalue weighted by Crippen LogP contribution is 2.31. The monoisotopic (exact) mass is 372 g/mol. The molecule has 2 atom stereocenters. The summed E-state index contributed by atoms with van der Waals surface area (Å²) in [6.45, 7) is 7.10. The number of amides is 2. The zero-order chi connectivity index (χ0) is 19.1. The van der Waals surface area contributed by atoms with Crippen molar-refractivity contribution in [2.45, 2.75) is 52.6 Å². The molecule has 27 heavy (non-hydrogen) atoms. The normalized spacial score (nSPS) is 22.4. The van der Waals surface area contributed by atoms with Crippen molar-refractivity contribution in [1.29, 1.82) is 0 Å². The zero-order valence-electron chi connectivity index (χ0n) is 15.9. The van der Waals surface area contributed by atoms with Crippen molar-refractivity contribution in [2.75, 3.05) is 13.1 Å². The van der Waals surface area contributed by atoms with Crippen molar-refractivity contribution in [3.63, 3.8) is 0 Å². The van der Waals surface area contributed by atoms with Gasteiger partial charge in [-0.3, -0.25) is 9.59 Å². The Kier molecular flexibility index (Phi) is 4.49. The minimum absolute atomic E-state index is 0.0185. The Morgan fingerprint density at radius 1 is 1.19 bits per heavy atom. The van der Waals surface area contributed by atoms with Gasteiger partial charge in [-0.15, -0.1) is 0 Å². The summed E-state index contributed by atoms with van der Waals surface area (Å²) < 4.78 is 10.4. The lowest BCUT2D eigenvalue weighted by Crippen LogP contribution is -2.47. The van der Waals surface area contributed by atoms with Crippen LogP contribution >= 0.6 is 0 Å². The fourth-order valence-corrected chi connectivity index (χ4v) is 4.11. The Hall–Kier alpha value is -2.64. The van der Waals surface area contributed by atoms with E-state index in [1.807, 2.05) is 30.6 Å². The third-order valence-electron chi connectivity index (χ3n) is 5.66. The van der Waals surface area contributed by atoms with Gasteiger partial charge in [-0.05, 0) is 33.6 Å². The first-order chi connectivity index (χ1) is 12.9. The first-order valence-corrected chi connectivity index (χ1v) is 9.34. The lowest BCUT2D eigenvalue weighted by molar-refractivity contribution is -0.140. The van der Waals surface area contributed by atoms with Gasteiger partial charge in [0, 0.05) is 30.8 Å². The predicted octanol–water partition coefficient (Wildman–Crippen LogP) is 1.78. The largest absolute Gasteiger partial charge is 0.361 e. The molecule has 0 aliphatic carbocycles.